The van der Waals surface area contributed by atoms with E-state index in [9.17, 15) is 0 Å². The highest BCUT2D eigenvalue weighted by atomic mass is 35.5. The number of nitrogens with zero attached hydrogens (tertiary/aromatic N) is 3. The van der Waals surface area contributed by atoms with Gasteiger partial charge in [-0.1, -0.05) is 59.6 Å². The molecule has 0 saturated carbocycles. The normalized spacial score (nSPS) is 12.0. The summed E-state index contributed by atoms with van der Waals surface area (Å²) in [6.45, 7) is 2.79. The van der Waals surface area contributed by atoms with Crippen molar-refractivity contribution < 1.29 is 0 Å². The smallest absolute Gasteiger partial charge is 0.0894 e. The first-order valence-electron chi connectivity index (χ1n) is 10.4. The van der Waals surface area contributed by atoms with Gasteiger partial charge < -0.3 is 14.6 Å². The molecule has 0 amide bonds. The standard InChI is InChI=1S/C25H26Cl2N4/c1-30(2)14-6-13-28-17-19-10-12-24-22(11-9-18-7-4-3-5-8-18)29-23-15-20(26)21(27)16-25(23)31(19)24/h3-5,7-12,15-16,28H,6,13-14,17H2,1-2H3/b11-9+. The number of rotatable bonds is 8. The Bertz CT molecular complexity index is 1210. The Kier molecular flexibility index (Phi) is 6.93. The lowest BCUT2D eigenvalue weighted by Crippen LogP contribution is -2.21. The van der Waals surface area contributed by atoms with E-state index in [0.29, 0.717) is 10.0 Å². The fourth-order valence-corrected chi connectivity index (χ4v) is 4.00. The van der Waals surface area contributed by atoms with Crippen LogP contribution in [0.2, 0.25) is 10.0 Å². The average Bonchev–Trinajstić information content (AvgIpc) is 3.18. The molecule has 0 aliphatic carbocycles. The molecule has 0 aliphatic heterocycles. The van der Waals surface area contributed by atoms with Crippen LogP contribution in [0.15, 0.2) is 54.6 Å². The lowest BCUT2D eigenvalue weighted by Gasteiger charge is -2.12. The summed E-state index contributed by atoms with van der Waals surface area (Å²) in [6, 6.07) is 18.2. The van der Waals surface area contributed by atoms with Gasteiger partial charge in [-0.2, -0.15) is 0 Å². The lowest BCUT2D eigenvalue weighted by molar-refractivity contribution is 0.394. The molecule has 0 fully saturated rings. The first kappa shape index (κ1) is 21.8. The largest absolute Gasteiger partial charge is 0.311 e. The minimum absolute atomic E-state index is 0.509. The molecule has 0 atom stereocenters. The molecule has 0 bridgehead atoms. The van der Waals surface area contributed by atoms with Gasteiger partial charge in [0.15, 0.2) is 0 Å². The molecule has 1 N–H and O–H groups in total. The monoisotopic (exact) mass is 452 g/mol. The minimum atomic E-state index is 0.509. The number of nitrogens with one attached hydrogen (secondary N) is 1. The van der Waals surface area contributed by atoms with Crippen LogP contribution in [0, 0.1) is 0 Å². The maximum Gasteiger partial charge on any atom is 0.0894 e. The number of aromatic nitrogens is 2. The van der Waals surface area contributed by atoms with Gasteiger partial charge in [0, 0.05) is 12.2 Å². The quantitative estimate of drug-likeness (QED) is 0.332. The van der Waals surface area contributed by atoms with E-state index in [1.54, 1.807) is 0 Å². The van der Waals surface area contributed by atoms with E-state index in [1.807, 2.05) is 30.3 Å². The molecule has 0 spiro atoms. The van der Waals surface area contributed by atoms with Crippen LogP contribution < -0.4 is 5.32 Å². The van der Waals surface area contributed by atoms with Crippen LogP contribution in [0.4, 0.5) is 0 Å². The summed E-state index contributed by atoms with van der Waals surface area (Å²) in [5, 5.41) is 4.60. The molecule has 160 valence electrons. The third-order valence-electron chi connectivity index (χ3n) is 5.22. The Morgan fingerprint density at radius 3 is 2.52 bits per heavy atom. The number of hydrogen-bond acceptors (Lipinski definition) is 3. The first-order chi connectivity index (χ1) is 15.0. The van der Waals surface area contributed by atoms with E-state index >= 15 is 0 Å². The van der Waals surface area contributed by atoms with Crippen molar-refractivity contribution in [1.82, 2.24) is 19.6 Å². The zero-order valence-electron chi connectivity index (χ0n) is 17.8. The molecule has 0 aliphatic rings. The van der Waals surface area contributed by atoms with Crippen LogP contribution in [0.3, 0.4) is 0 Å². The summed E-state index contributed by atoms with van der Waals surface area (Å²) < 4.78 is 2.23. The van der Waals surface area contributed by atoms with E-state index in [-0.39, 0.29) is 0 Å². The second kappa shape index (κ2) is 9.84. The fraction of sp³-hybridized carbons (Fsp3) is 0.240. The maximum absolute atomic E-state index is 6.36. The van der Waals surface area contributed by atoms with Crippen molar-refractivity contribution in [3.8, 4) is 0 Å². The highest BCUT2D eigenvalue weighted by Crippen LogP contribution is 2.30. The summed E-state index contributed by atoms with van der Waals surface area (Å²) >= 11 is 12.7. The van der Waals surface area contributed by atoms with Crippen LogP contribution in [0.5, 0.6) is 0 Å². The van der Waals surface area contributed by atoms with Crippen molar-refractivity contribution in [2.45, 2.75) is 13.0 Å². The molecular formula is C25H26Cl2N4. The van der Waals surface area contributed by atoms with Crippen molar-refractivity contribution in [2.75, 3.05) is 27.2 Å². The molecule has 2 aromatic carbocycles. The first-order valence-corrected chi connectivity index (χ1v) is 11.2. The van der Waals surface area contributed by atoms with Crippen molar-refractivity contribution >= 4 is 51.9 Å². The van der Waals surface area contributed by atoms with Crippen LogP contribution in [-0.2, 0) is 6.54 Å². The number of benzene rings is 2. The van der Waals surface area contributed by atoms with Crippen LogP contribution in [0.1, 0.15) is 23.4 Å². The topological polar surface area (TPSA) is 32.6 Å². The Hall–Kier alpha value is -2.37. The third-order valence-corrected chi connectivity index (χ3v) is 5.94. The number of fused-ring (bicyclic) bond motifs is 3. The van der Waals surface area contributed by atoms with Gasteiger partial charge >= 0.3 is 0 Å². The van der Waals surface area contributed by atoms with E-state index in [2.05, 4.69) is 65.1 Å². The van der Waals surface area contributed by atoms with Gasteiger partial charge in [0.2, 0.25) is 0 Å². The fourth-order valence-electron chi connectivity index (χ4n) is 3.68. The number of hydrogen-bond donors (Lipinski definition) is 1. The highest BCUT2D eigenvalue weighted by molar-refractivity contribution is 6.42. The van der Waals surface area contributed by atoms with Crippen LogP contribution >= 0.6 is 23.2 Å². The Morgan fingerprint density at radius 2 is 1.74 bits per heavy atom. The predicted octanol–water partition coefficient (Wildman–Crippen LogP) is 6.01. The molecule has 4 nitrogen and oxygen atoms in total. The predicted molar refractivity (Wildman–Crippen MR) is 133 cm³/mol. The van der Waals surface area contributed by atoms with Crippen molar-refractivity contribution in [3.63, 3.8) is 0 Å². The second-order valence-electron chi connectivity index (χ2n) is 7.88. The summed E-state index contributed by atoms with van der Waals surface area (Å²) in [6.07, 6.45) is 5.24. The van der Waals surface area contributed by atoms with Crippen LogP contribution in [0.25, 0.3) is 28.7 Å². The molecule has 0 saturated heterocycles. The van der Waals surface area contributed by atoms with Gasteiger partial charge in [-0.05, 0) is 69.5 Å². The summed E-state index contributed by atoms with van der Waals surface area (Å²) in [4.78, 5) is 7.09. The van der Waals surface area contributed by atoms with Crippen molar-refractivity contribution in [1.29, 1.82) is 0 Å². The molecule has 0 radical (unpaired) electrons. The Morgan fingerprint density at radius 1 is 0.968 bits per heavy atom. The Balaban J connectivity index is 1.73. The van der Waals surface area contributed by atoms with Gasteiger partial charge in [-0.3, -0.25) is 0 Å². The maximum atomic E-state index is 6.36. The summed E-state index contributed by atoms with van der Waals surface area (Å²) in [5.41, 5.74) is 6.01. The second-order valence-corrected chi connectivity index (χ2v) is 8.69. The van der Waals surface area contributed by atoms with Crippen LogP contribution in [-0.4, -0.2) is 41.5 Å². The molecule has 2 heterocycles. The minimum Gasteiger partial charge on any atom is -0.311 e. The third kappa shape index (κ3) is 5.10. The molecule has 2 aromatic heterocycles. The van der Waals surface area contributed by atoms with Gasteiger partial charge in [-0.25, -0.2) is 4.98 Å². The van der Waals surface area contributed by atoms with Gasteiger partial charge in [0.25, 0.3) is 0 Å². The summed E-state index contributed by atoms with van der Waals surface area (Å²) in [7, 11) is 4.19. The lowest BCUT2D eigenvalue weighted by atomic mass is 10.2. The zero-order chi connectivity index (χ0) is 21.8. The number of halogens is 2. The SMILES string of the molecule is CN(C)CCCNCc1ccc2c(/C=C/c3ccccc3)nc3cc(Cl)c(Cl)cc3n12. The van der Waals surface area contributed by atoms with E-state index < -0.39 is 0 Å². The molecule has 6 heteroatoms. The highest BCUT2D eigenvalue weighted by Gasteiger charge is 2.13. The zero-order valence-corrected chi connectivity index (χ0v) is 19.3. The Labute approximate surface area is 193 Å². The summed E-state index contributed by atoms with van der Waals surface area (Å²) in [5.74, 6) is 0. The van der Waals surface area contributed by atoms with E-state index in [4.69, 9.17) is 28.2 Å². The van der Waals surface area contributed by atoms with Gasteiger partial charge in [-0.15, -0.1) is 0 Å². The molecule has 0 unspecified atom stereocenters. The van der Waals surface area contributed by atoms with E-state index in [0.717, 1.165) is 53.9 Å². The van der Waals surface area contributed by atoms with Gasteiger partial charge in [0.1, 0.15) is 0 Å². The van der Waals surface area contributed by atoms with E-state index in [1.165, 1.54) is 5.69 Å². The van der Waals surface area contributed by atoms with Gasteiger partial charge in [0.05, 0.1) is 32.3 Å². The molecule has 4 aromatic rings. The van der Waals surface area contributed by atoms with Crippen molar-refractivity contribution in [2.24, 2.45) is 0 Å². The average molecular weight is 453 g/mol. The van der Waals surface area contributed by atoms with Crippen molar-refractivity contribution in [3.05, 3.63) is 81.6 Å². The molecule has 4 rings (SSSR count). The molecule has 31 heavy (non-hydrogen) atoms. The molecular weight excluding hydrogens is 427 g/mol.